The number of hydrogen-bond acceptors (Lipinski definition) is 5. The van der Waals surface area contributed by atoms with Crippen LogP contribution in [0.25, 0.3) is 6.08 Å². The second kappa shape index (κ2) is 6.53. The minimum atomic E-state index is -0.622. The van der Waals surface area contributed by atoms with Gasteiger partial charge in [0.2, 0.25) is 0 Å². The van der Waals surface area contributed by atoms with Gasteiger partial charge in [0.05, 0.1) is 17.6 Å². The molecule has 112 valence electrons. The fraction of sp³-hybridized carbons (Fsp3) is 0.0625. The average molecular weight is 299 g/mol. The first-order valence-electron chi connectivity index (χ1n) is 6.35. The summed E-state index contributed by atoms with van der Waals surface area (Å²) in [5, 5.41) is 20.4. The summed E-state index contributed by atoms with van der Waals surface area (Å²) in [6, 6.07) is 10.3. The molecule has 0 spiro atoms. The van der Waals surface area contributed by atoms with Gasteiger partial charge in [0, 0.05) is 12.1 Å². The van der Waals surface area contributed by atoms with E-state index in [1.54, 1.807) is 37.5 Å². The highest BCUT2D eigenvalue weighted by atomic mass is 16.6. The summed E-state index contributed by atoms with van der Waals surface area (Å²) in [4.78, 5) is 22.1. The van der Waals surface area contributed by atoms with Gasteiger partial charge in [-0.2, -0.15) is 0 Å². The number of non-ortho nitro benzene ring substituents is 1. The number of nitro benzene ring substituents is 1. The summed E-state index contributed by atoms with van der Waals surface area (Å²) in [5.41, 5.74) is 0.400. The van der Waals surface area contributed by atoms with Crippen LogP contribution >= 0.6 is 0 Å². The number of carbonyl (C=O) groups is 1. The topological polar surface area (TPSA) is 89.7 Å². The molecule has 0 aromatic heterocycles. The number of benzene rings is 2. The maximum Gasteiger partial charge on any atom is 0.270 e. The Morgan fingerprint density at radius 3 is 2.50 bits per heavy atom. The maximum atomic E-state index is 12.0. The fourth-order valence-electron chi connectivity index (χ4n) is 1.81. The molecule has 0 unspecified atom stereocenters. The summed E-state index contributed by atoms with van der Waals surface area (Å²) in [5.74, 6) is -0.119. The number of ketones is 1. The lowest BCUT2D eigenvalue weighted by atomic mass is 10.1. The molecule has 0 aliphatic heterocycles. The van der Waals surface area contributed by atoms with E-state index in [1.165, 1.54) is 6.08 Å². The molecule has 0 atom stereocenters. The Balaban J connectivity index is 2.22. The number of aromatic hydroxyl groups is 1. The van der Waals surface area contributed by atoms with E-state index in [0.717, 1.165) is 23.8 Å². The lowest BCUT2D eigenvalue weighted by Crippen LogP contribution is -1.97. The molecule has 0 bridgehead atoms. The van der Waals surface area contributed by atoms with Crippen LogP contribution in [0.15, 0.2) is 48.5 Å². The number of phenolic OH excluding ortho intramolecular Hbond substituents is 1. The highest BCUT2D eigenvalue weighted by Crippen LogP contribution is 2.24. The number of hydrogen-bond donors (Lipinski definition) is 1. The molecule has 6 nitrogen and oxygen atoms in total. The predicted molar refractivity (Wildman–Crippen MR) is 81.1 cm³/mol. The standard InChI is InChI=1S/C16H13NO5/c1-22-13-6-2-11(3-7-13)4-8-15(18)14-10-12(17(20)21)5-9-16(14)19/h2-10,19H,1H3/b8-4-. The van der Waals surface area contributed by atoms with Gasteiger partial charge in [0.15, 0.2) is 5.78 Å². The van der Waals surface area contributed by atoms with Gasteiger partial charge in [-0.1, -0.05) is 18.2 Å². The molecule has 0 fully saturated rings. The van der Waals surface area contributed by atoms with E-state index in [4.69, 9.17) is 4.74 Å². The molecule has 0 saturated heterocycles. The van der Waals surface area contributed by atoms with Gasteiger partial charge < -0.3 is 9.84 Å². The number of phenols is 1. The Morgan fingerprint density at radius 2 is 1.91 bits per heavy atom. The highest BCUT2D eigenvalue weighted by Gasteiger charge is 2.14. The minimum Gasteiger partial charge on any atom is -0.507 e. The van der Waals surface area contributed by atoms with Gasteiger partial charge in [0.25, 0.3) is 5.69 Å². The number of nitro groups is 1. The third kappa shape index (κ3) is 3.49. The van der Waals surface area contributed by atoms with E-state index in [9.17, 15) is 20.0 Å². The molecular weight excluding hydrogens is 286 g/mol. The number of nitrogens with zero attached hydrogens (tertiary/aromatic N) is 1. The lowest BCUT2D eigenvalue weighted by molar-refractivity contribution is -0.384. The zero-order chi connectivity index (χ0) is 16.1. The van der Waals surface area contributed by atoms with Crippen LogP contribution in [0.2, 0.25) is 0 Å². The van der Waals surface area contributed by atoms with Crippen LogP contribution in [0.3, 0.4) is 0 Å². The molecule has 2 aromatic carbocycles. The van der Waals surface area contributed by atoms with Gasteiger partial charge in [-0.05, 0) is 29.8 Å². The van der Waals surface area contributed by atoms with Crippen molar-refractivity contribution in [1.29, 1.82) is 0 Å². The van der Waals surface area contributed by atoms with Crippen LogP contribution in [0.5, 0.6) is 11.5 Å². The molecule has 0 aliphatic carbocycles. The summed E-state index contributed by atoms with van der Waals surface area (Å²) in [7, 11) is 1.56. The Bertz CT molecular complexity index is 735. The van der Waals surface area contributed by atoms with Crippen molar-refractivity contribution in [3.05, 3.63) is 69.8 Å². The third-order valence-corrected chi connectivity index (χ3v) is 3.00. The first-order valence-corrected chi connectivity index (χ1v) is 6.35. The van der Waals surface area contributed by atoms with E-state index in [1.807, 2.05) is 0 Å². The Hall–Kier alpha value is -3.15. The van der Waals surface area contributed by atoms with Gasteiger partial charge in [-0.3, -0.25) is 14.9 Å². The van der Waals surface area contributed by atoms with Crippen LogP contribution in [-0.4, -0.2) is 22.9 Å². The zero-order valence-corrected chi connectivity index (χ0v) is 11.7. The van der Waals surface area contributed by atoms with Crippen LogP contribution in [0.4, 0.5) is 5.69 Å². The molecule has 0 heterocycles. The van der Waals surface area contributed by atoms with Crippen molar-refractivity contribution in [2.24, 2.45) is 0 Å². The van der Waals surface area contributed by atoms with Crippen molar-refractivity contribution < 1.29 is 19.6 Å². The van der Waals surface area contributed by atoms with Crippen molar-refractivity contribution in [3.8, 4) is 11.5 Å². The molecule has 0 amide bonds. The molecule has 22 heavy (non-hydrogen) atoms. The first kappa shape index (κ1) is 15.2. The van der Waals surface area contributed by atoms with Crippen molar-refractivity contribution in [2.45, 2.75) is 0 Å². The summed E-state index contributed by atoms with van der Waals surface area (Å²) >= 11 is 0. The van der Waals surface area contributed by atoms with Crippen LogP contribution in [0.1, 0.15) is 15.9 Å². The normalized spacial score (nSPS) is 10.6. The second-order valence-electron chi connectivity index (χ2n) is 4.43. The molecular formula is C16H13NO5. The van der Waals surface area contributed by atoms with E-state index >= 15 is 0 Å². The molecule has 2 aromatic rings. The number of rotatable bonds is 5. The van der Waals surface area contributed by atoms with E-state index < -0.39 is 10.7 Å². The van der Waals surface area contributed by atoms with Crippen LogP contribution in [-0.2, 0) is 0 Å². The fourth-order valence-corrected chi connectivity index (χ4v) is 1.81. The Morgan fingerprint density at radius 1 is 1.23 bits per heavy atom. The predicted octanol–water partition coefficient (Wildman–Crippen LogP) is 3.21. The third-order valence-electron chi connectivity index (χ3n) is 3.00. The van der Waals surface area contributed by atoms with Crippen molar-refractivity contribution in [3.63, 3.8) is 0 Å². The molecule has 1 N–H and O–H groups in total. The number of allylic oxidation sites excluding steroid dienone is 1. The average Bonchev–Trinajstić information content (AvgIpc) is 2.53. The summed E-state index contributed by atoms with van der Waals surface area (Å²) in [6.07, 6.45) is 2.81. The van der Waals surface area contributed by atoms with Crippen LogP contribution < -0.4 is 4.74 Å². The van der Waals surface area contributed by atoms with Crippen molar-refractivity contribution in [2.75, 3.05) is 7.11 Å². The van der Waals surface area contributed by atoms with Gasteiger partial charge >= 0.3 is 0 Å². The second-order valence-corrected chi connectivity index (χ2v) is 4.43. The Kier molecular flexibility index (Phi) is 4.53. The lowest BCUT2D eigenvalue weighted by Gasteiger charge is -2.01. The molecule has 0 saturated carbocycles. The van der Waals surface area contributed by atoms with E-state index in [2.05, 4.69) is 0 Å². The van der Waals surface area contributed by atoms with E-state index in [-0.39, 0.29) is 17.0 Å². The Labute approximate surface area is 126 Å². The zero-order valence-electron chi connectivity index (χ0n) is 11.7. The molecule has 0 radical (unpaired) electrons. The SMILES string of the molecule is COc1ccc(/C=C\C(=O)c2cc([N+](=O)[O-])ccc2O)cc1. The van der Waals surface area contributed by atoms with Gasteiger partial charge in [-0.25, -0.2) is 0 Å². The van der Waals surface area contributed by atoms with Crippen molar-refractivity contribution in [1.82, 2.24) is 0 Å². The smallest absolute Gasteiger partial charge is 0.270 e. The van der Waals surface area contributed by atoms with Gasteiger partial charge in [-0.15, -0.1) is 0 Å². The van der Waals surface area contributed by atoms with E-state index in [0.29, 0.717) is 5.75 Å². The number of methoxy groups -OCH3 is 1. The minimum absolute atomic E-state index is 0.112. The van der Waals surface area contributed by atoms with Gasteiger partial charge in [0.1, 0.15) is 11.5 Å². The monoisotopic (exact) mass is 299 g/mol. The first-order chi connectivity index (χ1) is 10.5. The highest BCUT2D eigenvalue weighted by molar-refractivity contribution is 6.08. The quantitative estimate of drug-likeness (QED) is 0.396. The number of carbonyl (C=O) groups excluding carboxylic acids is 1. The molecule has 6 heteroatoms. The number of ether oxygens (including phenoxy) is 1. The van der Waals surface area contributed by atoms with Crippen molar-refractivity contribution >= 4 is 17.5 Å². The molecule has 2 rings (SSSR count). The van der Waals surface area contributed by atoms with Crippen LogP contribution in [0, 0.1) is 10.1 Å². The molecule has 0 aliphatic rings. The largest absolute Gasteiger partial charge is 0.507 e. The maximum absolute atomic E-state index is 12.0. The summed E-state index contributed by atoms with van der Waals surface area (Å²) in [6.45, 7) is 0. The summed E-state index contributed by atoms with van der Waals surface area (Å²) < 4.78 is 5.03.